The van der Waals surface area contributed by atoms with Crippen molar-refractivity contribution in [3.05, 3.63) is 97.2 Å². The minimum Gasteiger partial charge on any atom is -0.462 e. The van der Waals surface area contributed by atoms with Crippen LogP contribution in [-0.2, 0) is 28.6 Å². The summed E-state index contributed by atoms with van der Waals surface area (Å²) in [7, 11) is 0. The van der Waals surface area contributed by atoms with Gasteiger partial charge in [-0.25, -0.2) is 0 Å². The maximum atomic E-state index is 12.8. The zero-order chi connectivity index (χ0) is 47.2. The molecule has 0 aliphatic heterocycles. The topological polar surface area (TPSA) is 78.9 Å². The highest BCUT2D eigenvalue weighted by Gasteiger charge is 2.19. The van der Waals surface area contributed by atoms with Crippen molar-refractivity contribution in [3.63, 3.8) is 0 Å². The third kappa shape index (κ3) is 51.2. The highest BCUT2D eigenvalue weighted by molar-refractivity contribution is 5.71. The van der Waals surface area contributed by atoms with Crippen LogP contribution in [-0.4, -0.2) is 37.2 Å². The average Bonchev–Trinajstić information content (AvgIpc) is 3.30. The summed E-state index contributed by atoms with van der Waals surface area (Å²) in [6.07, 6.45) is 69.6. The van der Waals surface area contributed by atoms with Crippen molar-refractivity contribution in [2.45, 2.75) is 245 Å². The Bertz CT molecular complexity index is 1310. The number of allylic oxidation sites excluding steroid dienone is 16. The second kappa shape index (κ2) is 52.9. The van der Waals surface area contributed by atoms with Gasteiger partial charge in [-0.1, -0.05) is 201 Å². The molecular weight excluding hydrogens is 805 g/mol. The van der Waals surface area contributed by atoms with Crippen molar-refractivity contribution >= 4 is 17.9 Å². The molecular formula is C59H98O6. The van der Waals surface area contributed by atoms with Crippen molar-refractivity contribution in [1.82, 2.24) is 0 Å². The lowest BCUT2D eigenvalue weighted by Crippen LogP contribution is -2.30. The molecule has 0 N–H and O–H groups in total. The summed E-state index contributed by atoms with van der Waals surface area (Å²) in [5.41, 5.74) is 0. The van der Waals surface area contributed by atoms with Gasteiger partial charge in [-0.2, -0.15) is 0 Å². The molecule has 0 radical (unpaired) electrons. The molecule has 0 spiro atoms. The van der Waals surface area contributed by atoms with Gasteiger partial charge in [-0.05, 0) is 116 Å². The molecule has 1 atom stereocenters. The quantitative estimate of drug-likeness (QED) is 0.0262. The van der Waals surface area contributed by atoms with Crippen LogP contribution in [0.3, 0.4) is 0 Å². The smallest absolute Gasteiger partial charge is 0.306 e. The Morgan fingerprint density at radius 1 is 0.323 bits per heavy atom. The summed E-state index contributed by atoms with van der Waals surface area (Å²) < 4.78 is 16.8. The molecule has 0 heterocycles. The third-order valence-electron chi connectivity index (χ3n) is 11.0. The van der Waals surface area contributed by atoms with Crippen LogP contribution in [0.5, 0.6) is 0 Å². The van der Waals surface area contributed by atoms with Crippen LogP contribution in [0, 0.1) is 0 Å². The Morgan fingerprint density at radius 2 is 0.615 bits per heavy atom. The van der Waals surface area contributed by atoms with Crippen molar-refractivity contribution in [1.29, 1.82) is 0 Å². The molecule has 0 saturated carbocycles. The second-order valence-corrected chi connectivity index (χ2v) is 17.4. The van der Waals surface area contributed by atoms with E-state index in [1.807, 2.05) is 0 Å². The summed E-state index contributed by atoms with van der Waals surface area (Å²) in [6.45, 7) is 6.41. The minimum absolute atomic E-state index is 0.0974. The van der Waals surface area contributed by atoms with E-state index >= 15 is 0 Å². The molecule has 0 rings (SSSR count). The third-order valence-corrected chi connectivity index (χ3v) is 11.0. The zero-order valence-electron chi connectivity index (χ0n) is 42.2. The number of ether oxygens (including phenoxy) is 3. The largest absolute Gasteiger partial charge is 0.462 e. The number of esters is 3. The van der Waals surface area contributed by atoms with Gasteiger partial charge in [0.2, 0.25) is 0 Å². The Kier molecular flexibility index (Phi) is 50.0. The minimum atomic E-state index is -0.800. The van der Waals surface area contributed by atoms with Gasteiger partial charge in [0, 0.05) is 19.3 Å². The van der Waals surface area contributed by atoms with Crippen LogP contribution in [0.25, 0.3) is 0 Å². The number of rotatable bonds is 47. The molecule has 0 aromatic rings. The monoisotopic (exact) mass is 903 g/mol. The summed E-state index contributed by atoms with van der Waals surface area (Å²) in [5, 5.41) is 0. The van der Waals surface area contributed by atoms with Gasteiger partial charge in [-0.15, -0.1) is 0 Å². The summed E-state index contributed by atoms with van der Waals surface area (Å²) in [6, 6.07) is 0. The maximum absolute atomic E-state index is 12.8. The van der Waals surface area contributed by atoms with Crippen LogP contribution in [0.15, 0.2) is 97.2 Å². The van der Waals surface area contributed by atoms with Gasteiger partial charge in [0.05, 0.1) is 0 Å². The molecule has 0 bridgehead atoms. The summed E-state index contributed by atoms with van der Waals surface area (Å²) >= 11 is 0. The zero-order valence-corrected chi connectivity index (χ0v) is 42.2. The first-order chi connectivity index (χ1) is 32.0. The van der Waals surface area contributed by atoms with Crippen LogP contribution in [0.2, 0.25) is 0 Å². The summed E-state index contributed by atoms with van der Waals surface area (Å²) in [4.78, 5) is 38.0. The first-order valence-electron chi connectivity index (χ1n) is 26.7. The number of unbranched alkanes of at least 4 members (excludes halogenated alkanes) is 20. The predicted octanol–water partition coefficient (Wildman–Crippen LogP) is 17.8. The number of hydrogen-bond acceptors (Lipinski definition) is 6. The lowest BCUT2D eigenvalue weighted by molar-refractivity contribution is -0.167. The van der Waals surface area contributed by atoms with Crippen molar-refractivity contribution in [3.8, 4) is 0 Å². The average molecular weight is 903 g/mol. The fourth-order valence-electron chi connectivity index (χ4n) is 7.01. The Balaban J connectivity index is 4.44. The van der Waals surface area contributed by atoms with Crippen molar-refractivity contribution in [2.24, 2.45) is 0 Å². The molecule has 0 aliphatic rings. The highest BCUT2D eigenvalue weighted by Crippen LogP contribution is 2.13. The van der Waals surface area contributed by atoms with Crippen LogP contribution in [0.4, 0.5) is 0 Å². The molecule has 0 saturated heterocycles. The van der Waals surface area contributed by atoms with Crippen LogP contribution >= 0.6 is 0 Å². The normalized spacial score (nSPS) is 12.8. The van der Waals surface area contributed by atoms with Gasteiger partial charge >= 0.3 is 17.9 Å². The molecule has 65 heavy (non-hydrogen) atoms. The van der Waals surface area contributed by atoms with E-state index in [2.05, 4.69) is 118 Å². The maximum Gasteiger partial charge on any atom is 0.306 e. The van der Waals surface area contributed by atoms with Gasteiger partial charge < -0.3 is 14.2 Å². The molecule has 6 nitrogen and oxygen atoms in total. The molecule has 0 aromatic carbocycles. The van der Waals surface area contributed by atoms with Crippen molar-refractivity contribution in [2.75, 3.05) is 13.2 Å². The molecule has 370 valence electrons. The Labute approximate surface area is 400 Å². The predicted molar refractivity (Wildman–Crippen MR) is 279 cm³/mol. The fourth-order valence-corrected chi connectivity index (χ4v) is 7.01. The van der Waals surface area contributed by atoms with Gasteiger partial charge in [-0.3, -0.25) is 14.4 Å². The first-order valence-corrected chi connectivity index (χ1v) is 26.7. The number of carbonyl (C=O) groups excluding carboxylic acids is 3. The fraction of sp³-hybridized carbons (Fsp3) is 0.678. The van der Waals surface area contributed by atoms with E-state index in [1.54, 1.807) is 0 Å². The van der Waals surface area contributed by atoms with Gasteiger partial charge in [0.1, 0.15) is 13.2 Å². The molecule has 0 amide bonds. The lowest BCUT2D eigenvalue weighted by Gasteiger charge is -2.18. The Morgan fingerprint density at radius 3 is 1.00 bits per heavy atom. The summed E-state index contributed by atoms with van der Waals surface area (Å²) in [5.74, 6) is -0.945. The highest BCUT2D eigenvalue weighted by atomic mass is 16.6. The molecule has 6 heteroatoms. The molecule has 0 aliphatic carbocycles. The lowest BCUT2D eigenvalue weighted by atomic mass is 10.1. The van der Waals surface area contributed by atoms with E-state index in [9.17, 15) is 14.4 Å². The molecule has 0 fully saturated rings. The standard InChI is InChI=1S/C59H98O6/c1-4-7-10-13-16-19-22-24-26-28-29-31-32-34-37-40-43-46-49-52-58(61)64-55-56(54-63-57(60)51-48-45-42-39-36-21-18-15-12-9-6-3)65-59(62)53-50-47-44-41-38-35-33-30-27-25-23-20-17-14-11-8-5-2/h8,11,15-20,24-27,29,31,33,35,56H,4-7,9-10,12-14,21-23,28,30,32,34,36-55H2,1-3H3/b11-8-,18-15-,19-16-,20-17-,26-24-,27-25-,31-29-,35-33-. The van der Waals surface area contributed by atoms with Crippen LogP contribution in [0.1, 0.15) is 239 Å². The van der Waals surface area contributed by atoms with E-state index in [0.29, 0.717) is 19.3 Å². The van der Waals surface area contributed by atoms with E-state index < -0.39 is 6.10 Å². The second-order valence-electron chi connectivity index (χ2n) is 17.4. The van der Waals surface area contributed by atoms with Gasteiger partial charge in [0.15, 0.2) is 6.10 Å². The first kappa shape index (κ1) is 61.3. The SMILES string of the molecule is CC/C=C\C/C=C\C/C=C\C/C=C\CCCCCCC(=O)OC(COC(=O)CCCCCCC/C=C\CCCC)COC(=O)CCCCCCCC/C=C\C/C=C\C/C=C\CCCCC. The van der Waals surface area contributed by atoms with Crippen molar-refractivity contribution < 1.29 is 28.6 Å². The molecule has 0 aromatic heterocycles. The Hall–Kier alpha value is -3.67. The molecule has 1 unspecified atom stereocenters. The van der Waals surface area contributed by atoms with E-state index in [1.165, 1.54) is 70.6 Å². The van der Waals surface area contributed by atoms with Crippen LogP contribution < -0.4 is 0 Å². The van der Waals surface area contributed by atoms with E-state index in [4.69, 9.17) is 14.2 Å². The van der Waals surface area contributed by atoms with E-state index in [0.717, 1.165) is 128 Å². The van der Waals surface area contributed by atoms with E-state index in [-0.39, 0.29) is 31.1 Å². The van der Waals surface area contributed by atoms with Gasteiger partial charge in [0.25, 0.3) is 0 Å². The number of carbonyl (C=O) groups is 3. The number of hydrogen-bond donors (Lipinski definition) is 0.